The van der Waals surface area contributed by atoms with Crippen molar-refractivity contribution in [1.82, 2.24) is 4.90 Å². The van der Waals surface area contributed by atoms with Gasteiger partial charge < -0.3 is 16.0 Å². The molecule has 0 aromatic heterocycles. The number of rotatable bonds is 4. The number of piperidine rings is 1. The summed E-state index contributed by atoms with van der Waals surface area (Å²) in [6, 6.07) is 8.88. The lowest BCUT2D eigenvalue weighted by molar-refractivity contribution is -0.131. The molecule has 1 fully saturated rings. The molecule has 1 saturated heterocycles. The van der Waals surface area contributed by atoms with Gasteiger partial charge in [-0.15, -0.1) is 12.4 Å². The average molecular weight is 298 g/mol. The normalized spacial score (nSPS) is 15.6. The average Bonchev–Trinajstić information content (AvgIpc) is 2.40. The molecule has 3 N–H and O–H groups in total. The van der Waals surface area contributed by atoms with E-state index in [9.17, 15) is 4.79 Å². The van der Waals surface area contributed by atoms with E-state index in [1.807, 2.05) is 4.90 Å². The molecule has 4 nitrogen and oxygen atoms in total. The minimum absolute atomic E-state index is 0. The van der Waals surface area contributed by atoms with Crippen LogP contribution in [-0.2, 0) is 4.79 Å². The van der Waals surface area contributed by atoms with Crippen LogP contribution in [0, 0.1) is 6.92 Å². The number of carbonyl (C=O) groups is 1. The molecular formula is C15H24ClN3O. The first-order valence-corrected chi connectivity index (χ1v) is 7.00. The van der Waals surface area contributed by atoms with Crippen molar-refractivity contribution in [3.05, 3.63) is 29.8 Å². The van der Waals surface area contributed by atoms with E-state index in [2.05, 4.69) is 36.5 Å². The summed E-state index contributed by atoms with van der Waals surface area (Å²) >= 11 is 0. The molecule has 1 amide bonds. The summed E-state index contributed by atoms with van der Waals surface area (Å²) in [5, 5.41) is 3.55. The van der Waals surface area contributed by atoms with Gasteiger partial charge in [0.2, 0.25) is 5.91 Å². The number of nitrogens with one attached hydrogen (secondary N) is 1. The van der Waals surface area contributed by atoms with Crippen molar-refractivity contribution in [1.29, 1.82) is 0 Å². The molecule has 112 valence electrons. The van der Waals surface area contributed by atoms with Crippen molar-refractivity contribution in [2.75, 3.05) is 25.0 Å². The smallest absolute Gasteiger partial charge is 0.223 e. The molecule has 1 heterocycles. The zero-order valence-corrected chi connectivity index (χ0v) is 12.8. The van der Waals surface area contributed by atoms with Crippen LogP contribution in [0.4, 0.5) is 5.69 Å². The van der Waals surface area contributed by atoms with Gasteiger partial charge in [0.1, 0.15) is 0 Å². The van der Waals surface area contributed by atoms with Crippen molar-refractivity contribution in [3.8, 4) is 0 Å². The molecule has 0 spiro atoms. The predicted octanol–water partition coefficient (Wildman–Crippen LogP) is 2.17. The largest absolute Gasteiger partial charge is 0.382 e. The number of amides is 1. The fourth-order valence-corrected chi connectivity index (χ4v) is 2.53. The van der Waals surface area contributed by atoms with Crippen LogP contribution in [-0.4, -0.2) is 36.5 Å². The Labute approximate surface area is 127 Å². The van der Waals surface area contributed by atoms with E-state index in [-0.39, 0.29) is 18.3 Å². The van der Waals surface area contributed by atoms with E-state index < -0.39 is 0 Å². The van der Waals surface area contributed by atoms with Gasteiger partial charge in [-0.3, -0.25) is 4.79 Å². The summed E-state index contributed by atoms with van der Waals surface area (Å²) in [6.45, 7) is 4.21. The van der Waals surface area contributed by atoms with Crippen LogP contribution in [0.5, 0.6) is 0 Å². The topological polar surface area (TPSA) is 58.4 Å². The van der Waals surface area contributed by atoms with Crippen molar-refractivity contribution >= 4 is 24.0 Å². The molecule has 0 bridgehead atoms. The first-order chi connectivity index (χ1) is 9.19. The number of aryl methyl sites for hydroxylation is 1. The van der Waals surface area contributed by atoms with Gasteiger partial charge in [-0.05, 0) is 37.5 Å². The maximum Gasteiger partial charge on any atom is 0.223 e. The molecule has 0 saturated carbocycles. The molecule has 1 aliphatic rings. The van der Waals surface area contributed by atoms with Gasteiger partial charge in [-0.25, -0.2) is 0 Å². The second-order valence-electron chi connectivity index (χ2n) is 5.21. The van der Waals surface area contributed by atoms with Crippen LogP contribution >= 0.6 is 12.4 Å². The highest BCUT2D eigenvalue weighted by Gasteiger charge is 2.21. The standard InChI is InChI=1S/C15H23N3O.ClH/c1-12-3-2-4-14(11-12)17-13-6-9-18(10-7-13)15(19)5-8-16;/h2-4,11,13,17H,5-10,16H2,1H3;1H. The molecule has 1 aliphatic heterocycles. The zero-order valence-electron chi connectivity index (χ0n) is 12.0. The van der Waals surface area contributed by atoms with Crippen LogP contribution in [0.1, 0.15) is 24.8 Å². The maximum atomic E-state index is 11.7. The van der Waals surface area contributed by atoms with Crippen LogP contribution in [0.2, 0.25) is 0 Å². The lowest BCUT2D eigenvalue weighted by Crippen LogP contribution is -2.42. The first-order valence-electron chi connectivity index (χ1n) is 7.00. The fourth-order valence-electron chi connectivity index (χ4n) is 2.53. The predicted molar refractivity (Wildman–Crippen MR) is 85.3 cm³/mol. The number of likely N-dealkylation sites (tertiary alicyclic amines) is 1. The van der Waals surface area contributed by atoms with E-state index in [1.54, 1.807) is 0 Å². The molecule has 1 aromatic carbocycles. The summed E-state index contributed by atoms with van der Waals surface area (Å²) in [5.74, 6) is 0.191. The zero-order chi connectivity index (χ0) is 13.7. The number of nitrogens with zero attached hydrogens (tertiary/aromatic N) is 1. The molecule has 0 radical (unpaired) electrons. The molecular weight excluding hydrogens is 274 g/mol. The quantitative estimate of drug-likeness (QED) is 0.895. The maximum absolute atomic E-state index is 11.7. The molecule has 20 heavy (non-hydrogen) atoms. The van der Waals surface area contributed by atoms with Crippen LogP contribution < -0.4 is 11.1 Å². The Morgan fingerprint density at radius 3 is 2.70 bits per heavy atom. The molecule has 0 atom stereocenters. The van der Waals surface area contributed by atoms with Crippen LogP contribution in [0.25, 0.3) is 0 Å². The van der Waals surface area contributed by atoms with Gasteiger partial charge in [-0.2, -0.15) is 0 Å². The van der Waals surface area contributed by atoms with Gasteiger partial charge in [-0.1, -0.05) is 12.1 Å². The molecule has 0 aliphatic carbocycles. The SMILES string of the molecule is Cc1cccc(NC2CCN(C(=O)CCN)CC2)c1.Cl. The highest BCUT2D eigenvalue weighted by atomic mass is 35.5. The van der Waals surface area contributed by atoms with Gasteiger partial charge in [0.25, 0.3) is 0 Å². The Morgan fingerprint density at radius 1 is 1.40 bits per heavy atom. The lowest BCUT2D eigenvalue weighted by Gasteiger charge is -2.33. The molecule has 1 aromatic rings. The van der Waals surface area contributed by atoms with Crippen molar-refractivity contribution in [2.45, 2.75) is 32.2 Å². The molecule has 2 rings (SSSR count). The number of halogens is 1. The van der Waals surface area contributed by atoms with Gasteiger partial charge in [0.05, 0.1) is 0 Å². The number of carbonyl (C=O) groups excluding carboxylic acids is 1. The Balaban J connectivity index is 0.00000200. The molecule has 0 unspecified atom stereocenters. The minimum Gasteiger partial charge on any atom is -0.382 e. The Hall–Kier alpha value is -1.26. The van der Waals surface area contributed by atoms with Crippen LogP contribution in [0.3, 0.4) is 0 Å². The fraction of sp³-hybridized carbons (Fsp3) is 0.533. The van der Waals surface area contributed by atoms with Gasteiger partial charge in [0, 0.05) is 37.8 Å². The number of benzene rings is 1. The summed E-state index contributed by atoms with van der Waals surface area (Å²) in [6.07, 6.45) is 2.48. The van der Waals surface area contributed by atoms with Crippen molar-refractivity contribution in [2.24, 2.45) is 5.73 Å². The van der Waals surface area contributed by atoms with Crippen LogP contribution in [0.15, 0.2) is 24.3 Å². The van der Waals surface area contributed by atoms with Crippen molar-refractivity contribution in [3.63, 3.8) is 0 Å². The van der Waals surface area contributed by atoms with E-state index in [1.165, 1.54) is 11.3 Å². The Kier molecular flexibility index (Phi) is 6.82. The number of hydrogen-bond donors (Lipinski definition) is 2. The van der Waals surface area contributed by atoms with Gasteiger partial charge >= 0.3 is 0 Å². The summed E-state index contributed by atoms with van der Waals surface area (Å²) in [7, 11) is 0. The monoisotopic (exact) mass is 297 g/mol. The molecule has 5 heteroatoms. The lowest BCUT2D eigenvalue weighted by atomic mass is 10.0. The first kappa shape index (κ1) is 16.8. The third-order valence-corrected chi connectivity index (χ3v) is 3.59. The van der Waals surface area contributed by atoms with E-state index in [4.69, 9.17) is 5.73 Å². The summed E-state index contributed by atoms with van der Waals surface area (Å²) in [4.78, 5) is 13.7. The number of anilines is 1. The Morgan fingerprint density at radius 2 is 2.10 bits per heavy atom. The van der Waals surface area contributed by atoms with E-state index in [0.717, 1.165) is 25.9 Å². The third kappa shape index (κ3) is 4.69. The van der Waals surface area contributed by atoms with E-state index >= 15 is 0 Å². The summed E-state index contributed by atoms with van der Waals surface area (Å²) < 4.78 is 0. The minimum atomic E-state index is 0. The second kappa shape index (κ2) is 8.12. The third-order valence-electron chi connectivity index (χ3n) is 3.59. The number of hydrogen-bond acceptors (Lipinski definition) is 3. The van der Waals surface area contributed by atoms with Gasteiger partial charge in [0.15, 0.2) is 0 Å². The van der Waals surface area contributed by atoms with E-state index in [0.29, 0.717) is 19.0 Å². The highest BCUT2D eigenvalue weighted by molar-refractivity contribution is 5.85. The second-order valence-corrected chi connectivity index (χ2v) is 5.21. The summed E-state index contributed by atoms with van der Waals surface area (Å²) in [5.41, 5.74) is 7.86. The Bertz CT molecular complexity index is 431. The number of nitrogens with two attached hydrogens (primary N) is 1. The van der Waals surface area contributed by atoms with Crippen molar-refractivity contribution < 1.29 is 4.79 Å². The highest BCUT2D eigenvalue weighted by Crippen LogP contribution is 2.17.